The summed E-state index contributed by atoms with van der Waals surface area (Å²) in [5.41, 5.74) is 0. The molecule has 0 spiro atoms. The van der Waals surface area contributed by atoms with Crippen molar-refractivity contribution in [3.8, 4) is 0 Å². The maximum absolute atomic E-state index is 13.0. The molecule has 0 aliphatic rings. The Hall–Kier alpha value is -0.880. The number of hydrogen-bond acceptors (Lipinski definition) is 1. The van der Waals surface area contributed by atoms with E-state index in [1.807, 2.05) is 0 Å². The van der Waals surface area contributed by atoms with Gasteiger partial charge in [-0.15, -0.1) is 0 Å². The normalized spacial score (nSPS) is 14.3. The molecule has 0 saturated heterocycles. The van der Waals surface area contributed by atoms with Crippen LogP contribution in [-0.4, -0.2) is 18.5 Å². The second-order valence-electron chi connectivity index (χ2n) is 3.88. The smallest absolute Gasteiger partial charge is 0.429 e. The number of ether oxygens (including phenoxy) is 1. The highest BCUT2D eigenvalue weighted by atomic mass is 19.4. The summed E-state index contributed by atoms with van der Waals surface area (Å²) in [6.07, 6.45) is -11.0. The highest BCUT2D eigenvalue weighted by molar-refractivity contribution is 4.70. The van der Waals surface area contributed by atoms with Gasteiger partial charge >= 0.3 is 12.3 Å². The molecule has 0 aromatic heterocycles. The first-order valence-corrected chi connectivity index (χ1v) is 5.56. The summed E-state index contributed by atoms with van der Waals surface area (Å²) in [6.45, 7) is 2.90. The van der Waals surface area contributed by atoms with E-state index in [0.29, 0.717) is 6.26 Å². The average molecular weight is 278 g/mol. The van der Waals surface area contributed by atoms with Crippen LogP contribution in [0.15, 0.2) is 12.8 Å². The number of hydrogen-bond donors (Lipinski definition) is 0. The van der Waals surface area contributed by atoms with Crippen LogP contribution in [0, 0.1) is 0 Å². The van der Waals surface area contributed by atoms with Gasteiger partial charge in [0, 0.05) is 6.42 Å². The molecule has 0 aliphatic carbocycles. The van der Waals surface area contributed by atoms with Gasteiger partial charge in [-0.25, -0.2) is 4.39 Å². The zero-order chi connectivity index (χ0) is 14.2. The molecule has 0 aromatic carbocycles. The second-order valence-corrected chi connectivity index (χ2v) is 3.88. The molecule has 1 unspecified atom stereocenters. The standard InChI is InChI=1S/C11H16F6O/c1-2-18-11(16,17)9(12)7-5-3-4-6-8-10(13,14)15/h2,9H,1,3-8H2. The van der Waals surface area contributed by atoms with Gasteiger partial charge in [0.15, 0.2) is 0 Å². The molecule has 0 aliphatic heterocycles. The summed E-state index contributed by atoms with van der Waals surface area (Å²) in [5.74, 6) is 0. The fourth-order valence-electron chi connectivity index (χ4n) is 1.36. The minimum Gasteiger partial charge on any atom is -0.439 e. The van der Waals surface area contributed by atoms with Crippen LogP contribution in [0.3, 0.4) is 0 Å². The fourth-order valence-corrected chi connectivity index (χ4v) is 1.36. The van der Waals surface area contributed by atoms with Gasteiger partial charge in [-0.2, -0.15) is 22.0 Å². The van der Waals surface area contributed by atoms with Crippen LogP contribution in [0.25, 0.3) is 0 Å². The average Bonchev–Trinajstić information content (AvgIpc) is 2.21. The van der Waals surface area contributed by atoms with Crippen LogP contribution in [0.4, 0.5) is 26.3 Å². The van der Waals surface area contributed by atoms with E-state index < -0.39 is 31.3 Å². The van der Waals surface area contributed by atoms with E-state index in [9.17, 15) is 26.3 Å². The van der Waals surface area contributed by atoms with Crippen molar-refractivity contribution in [1.29, 1.82) is 0 Å². The van der Waals surface area contributed by atoms with Gasteiger partial charge in [0.2, 0.25) is 6.17 Å². The minimum atomic E-state index is -4.20. The summed E-state index contributed by atoms with van der Waals surface area (Å²) in [7, 11) is 0. The first-order valence-electron chi connectivity index (χ1n) is 5.56. The Kier molecular flexibility index (Phi) is 7.16. The molecule has 0 fully saturated rings. The molecule has 0 aromatic rings. The van der Waals surface area contributed by atoms with Gasteiger partial charge in [-0.05, 0) is 12.8 Å². The Morgan fingerprint density at radius 2 is 1.56 bits per heavy atom. The van der Waals surface area contributed by atoms with Crippen molar-refractivity contribution < 1.29 is 31.1 Å². The van der Waals surface area contributed by atoms with E-state index in [-0.39, 0.29) is 25.7 Å². The van der Waals surface area contributed by atoms with Crippen LogP contribution in [0.1, 0.15) is 38.5 Å². The van der Waals surface area contributed by atoms with E-state index in [0.717, 1.165) is 0 Å². The van der Waals surface area contributed by atoms with Gasteiger partial charge in [0.1, 0.15) is 0 Å². The SMILES string of the molecule is C=COC(F)(F)C(F)CCCCCCC(F)(F)F. The summed E-state index contributed by atoms with van der Waals surface area (Å²) in [4.78, 5) is 0. The number of alkyl halides is 6. The summed E-state index contributed by atoms with van der Waals surface area (Å²) in [5, 5.41) is 0. The van der Waals surface area contributed by atoms with E-state index >= 15 is 0 Å². The van der Waals surface area contributed by atoms with Crippen molar-refractivity contribution in [3.63, 3.8) is 0 Å². The zero-order valence-electron chi connectivity index (χ0n) is 9.78. The molecule has 108 valence electrons. The maximum Gasteiger partial charge on any atom is 0.429 e. The topological polar surface area (TPSA) is 9.23 Å². The van der Waals surface area contributed by atoms with Crippen LogP contribution in [-0.2, 0) is 4.74 Å². The Morgan fingerprint density at radius 3 is 2.06 bits per heavy atom. The van der Waals surface area contributed by atoms with Crippen molar-refractivity contribution in [1.82, 2.24) is 0 Å². The van der Waals surface area contributed by atoms with Crippen molar-refractivity contribution in [2.45, 2.75) is 57.0 Å². The first kappa shape index (κ1) is 17.1. The lowest BCUT2D eigenvalue weighted by Gasteiger charge is -2.19. The van der Waals surface area contributed by atoms with Gasteiger partial charge in [0.05, 0.1) is 6.26 Å². The predicted molar refractivity (Wildman–Crippen MR) is 54.9 cm³/mol. The number of rotatable bonds is 9. The third-order valence-corrected chi connectivity index (χ3v) is 2.27. The molecular formula is C11H16F6O. The highest BCUT2D eigenvalue weighted by Crippen LogP contribution is 2.28. The lowest BCUT2D eigenvalue weighted by molar-refractivity contribution is -0.245. The fraction of sp³-hybridized carbons (Fsp3) is 0.818. The molecule has 0 heterocycles. The van der Waals surface area contributed by atoms with Crippen LogP contribution in [0.5, 0.6) is 0 Å². The van der Waals surface area contributed by atoms with Crippen LogP contribution >= 0.6 is 0 Å². The molecule has 0 saturated carbocycles. The molecule has 0 rings (SSSR count). The van der Waals surface area contributed by atoms with Crippen molar-refractivity contribution in [3.05, 3.63) is 12.8 Å². The quantitative estimate of drug-likeness (QED) is 0.328. The largest absolute Gasteiger partial charge is 0.439 e. The molecule has 1 atom stereocenters. The van der Waals surface area contributed by atoms with Crippen LogP contribution < -0.4 is 0 Å². The monoisotopic (exact) mass is 278 g/mol. The lowest BCUT2D eigenvalue weighted by atomic mass is 10.1. The molecule has 0 amide bonds. The summed E-state index contributed by atoms with van der Waals surface area (Å²) < 4.78 is 77.4. The van der Waals surface area contributed by atoms with Crippen molar-refractivity contribution in [2.75, 3.05) is 0 Å². The van der Waals surface area contributed by atoms with Crippen molar-refractivity contribution >= 4 is 0 Å². The molecular weight excluding hydrogens is 262 g/mol. The zero-order valence-corrected chi connectivity index (χ0v) is 9.78. The second kappa shape index (κ2) is 7.53. The molecule has 18 heavy (non-hydrogen) atoms. The summed E-state index contributed by atoms with van der Waals surface area (Å²) >= 11 is 0. The molecule has 0 N–H and O–H groups in total. The van der Waals surface area contributed by atoms with Gasteiger partial charge in [-0.3, -0.25) is 0 Å². The Bertz CT molecular complexity index is 238. The third-order valence-electron chi connectivity index (χ3n) is 2.27. The third kappa shape index (κ3) is 8.25. The molecule has 7 heteroatoms. The van der Waals surface area contributed by atoms with Crippen LogP contribution in [0.2, 0.25) is 0 Å². The molecule has 0 bridgehead atoms. The summed E-state index contributed by atoms with van der Waals surface area (Å²) in [6, 6.07) is 0. The van der Waals surface area contributed by atoms with Gasteiger partial charge in [0.25, 0.3) is 0 Å². The minimum absolute atomic E-state index is 0.0694. The Balaban J connectivity index is 3.63. The van der Waals surface area contributed by atoms with Gasteiger partial charge in [-0.1, -0.05) is 25.8 Å². The van der Waals surface area contributed by atoms with E-state index in [2.05, 4.69) is 11.3 Å². The molecule has 1 nitrogen and oxygen atoms in total. The van der Waals surface area contributed by atoms with E-state index in [1.54, 1.807) is 0 Å². The predicted octanol–water partition coefficient (Wildman–Crippen LogP) is 4.98. The Morgan fingerprint density at radius 1 is 1.00 bits per heavy atom. The van der Waals surface area contributed by atoms with Crippen molar-refractivity contribution in [2.24, 2.45) is 0 Å². The van der Waals surface area contributed by atoms with Gasteiger partial charge < -0.3 is 4.74 Å². The lowest BCUT2D eigenvalue weighted by Crippen LogP contribution is -2.31. The van der Waals surface area contributed by atoms with E-state index in [1.165, 1.54) is 0 Å². The number of halogens is 6. The highest BCUT2D eigenvalue weighted by Gasteiger charge is 2.41. The number of unbranched alkanes of at least 4 members (excludes halogenated alkanes) is 3. The Labute approximate surface area is 102 Å². The van der Waals surface area contributed by atoms with E-state index in [4.69, 9.17) is 0 Å². The maximum atomic E-state index is 13.0. The molecule has 0 radical (unpaired) electrons. The first-order chi connectivity index (χ1) is 8.19.